The molecule has 10 nitrogen and oxygen atoms in total. The maximum absolute atomic E-state index is 16.5. The highest BCUT2D eigenvalue weighted by atomic mass is 35.5. The number of nitrogens with zero attached hydrogens (tertiary/aromatic N) is 2. The predicted octanol–water partition coefficient (Wildman–Crippen LogP) is 7.53. The van der Waals surface area contributed by atoms with Gasteiger partial charge in [-0.3, -0.25) is 0 Å². The van der Waals surface area contributed by atoms with Crippen LogP contribution in [-0.2, 0) is 26.2 Å². The van der Waals surface area contributed by atoms with Gasteiger partial charge in [-0.05, 0) is 58.4 Å². The molecule has 0 bridgehead atoms. The summed E-state index contributed by atoms with van der Waals surface area (Å²) in [7, 11) is 0. The van der Waals surface area contributed by atoms with E-state index in [1.54, 1.807) is 25.7 Å². The number of hydrogen-bond acceptors (Lipinski definition) is 8. The van der Waals surface area contributed by atoms with Gasteiger partial charge in [0.1, 0.15) is 23.8 Å². The lowest BCUT2D eigenvalue weighted by atomic mass is 9.80. The SMILES string of the molecule is CC(C)(C)OC(=O)N1CCCC1[C@@]1(c2ccccc2)Cc2c(cc(F)c(Cl)c2-c2c(C(=O)O)cnc(OCCOC3CCCCO3)c2F)O1. The Balaban J connectivity index is 1.41. The lowest BCUT2D eigenvalue weighted by Gasteiger charge is -2.40. The van der Waals surface area contributed by atoms with E-state index in [2.05, 4.69) is 4.98 Å². The van der Waals surface area contributed by atoms with Crippen LogP contribution >= 0.6 is 11.6 Å². The summed E-state index contributed by atoms with van der Waals surface area (Å²) in [5, 5.41) is 9.66. The number of aromatic nitrogens is 1. The molecule has 0 saturated carbocycles. The minimum atomic E-state index is -1.50. The second-order valence-electron chi connectivity index (χ2n) is 13.4. The average molecular weight is 701 g/mol. The Morgan fingerprint density at radius 3 is 2.57 bits per heavy atom. The molecule has 13 heteroatoms. The van der Waals surface area contributed by atoms with Crippen LogP contribution < -0.4 is 9.47 Å². The number of carboxylic acid groups (broad SMARTS) is 1. The third kappa shape index (κ3) is 7.04. The van der Waals surface area contributed by atoms with E-state index < -0.39 is 63.0 Å². The number of carbonyl (C=O) groups is 2. The Morgan fingerprint density at radius 1 is 1.10 bits per heavy atom. The van der Waals surface area contributed by atoms with E-state index in [-0.39, 0.29) is 42.8 Å². The van der Waals surface area contributed by atoms with Crippen molar-refractivity contribution in [2.75, 3.05) is 26.4 Å². The van der Waals surface area contributed by atoms with Gasteiger partial charge in [-0.2, -0.15) is 0 Å². The fraction of sp³-hybridized carbons (Fsp3) is 0.472. The van der Waals surface area contributed by atoms with Crippen molar-refractivity contribution < 1.29 is 47.2 Å². The number of halogens is 3. The highest BCUT2D eigenvalue weighted by Gasteiger charge is 2.54. The molecule has 2 aromatic carbocycles. The van der Waals surface area contributed by atoms with E-state index in [9.17, 15) is 14.7 Å². The first-order valence-corrected chi connectivity index (χ1v) is 16.8. The average Bonchev–Trinajstić information content (AvgIpc) is 3.71. The summed E-state index contributed by atoms with van der Waals surface area (Å²) in [6, 6.07) is 9.71. The molecule has 4 heterocycles. The van der Waals surface area contributed by atoms with Gasteiger partial charge < -0.3 is 33.7 Å². The molecule has 1 aromatic heterocycles. The van der Waals surface area contributed by atoms with E-state index in [0.717, 1.165) is 31.5 Å². The highest BCUT2D eigenvalue weighted by molar-refractivity contribution is 6.34. The number of aromatic carboxylic acids is 1. The predicted molar refractivity (Wildman–Crippen MR) is 175 cm³/mol. The van der Waals surface area contributed by atoms with Crippen molar-refractivity contribution in [2.45, 2.75) is 82.8 Å². The van der Waals surface area contributed by atoms with Crippen molar-refractivity contribution in [2.24, 2.45) is 0 Å². The molecule has 262 valence electrons. The lowest BCUT2D eigenvalue weighted by molar-refractivity contribution is -0.165. The van der Waals surface area contributed by atoms with Gasteiger partial charge in [-0.15, -0.1) is 0 Å². The molecule has 3 atom stereocenters. The van der Waals surface area contributed by atoms with E-state index in [1.165, 1.54) is 0 Å². The number of amides is 1. The van der Waals surface area contributed by atoms with Crippen LogP contribution in [0.15, 0.2) is 42.6 Å². The topological polar surface area (TPSA) is 117 Å². The second kappa shape index (κ2) is 14.1. The zero-order chi connectivity index (χ0) is 34.9. The van der Waals surface area contributed by atoms with Gasteiger partial charge in [0, 0.05) is 48.5 Å². The van der Waals surface area contributed by atoms with Gasteiger partial charge in [0.25, 0.3) is 5.88 Å². The Morgan fingerprint density at radius 2 is 1.88 bits per heavy atom. The Labute approximate surface area is 288 Å². The number of fused-ring (bicyclic) bond motifs is 1. The van der Waals surface area contributed by atoms with Gasteiger partial charge in [0.2, 0.25) is 0 Å². The number of likely N-dealkylation sites (tertiary alicyclic amines) is 1. The molecule has 3 aromatic rings. The number of pyridine rings is 1. The first-order valence-electron chi connectivity index (χ1n) is 16.4. The molecular formula is C36H39ClF2N2O8. The zero-order valence-corrected chi connectivity index (χ0v) is 28.4. The number of carboxylic acids is 1. The van der Waals surface area contributed by atoms with E-state index in [4.69, 9.17) is 35.3 Å². The first kappa shape index (κ1) is 34.8. The monoisotopic (exact) mass is 700 g/mol. The fourth-order valence-electron chi connectivity index (χ4n) is 6.85. The van der Waals surface area contributed by atoms with Crippen LogP contribution in [0.5, 0.6) is 11.6 Å². The van der Waals surface area contributed by atoms with Crippen molar-refractivity contribution >= 4 is 23.7 Å². The smallest absolute Gasteiger partial charge is 0.410 e. The molecule has 1 amide bonds. The van der Waals surface area contributed by atoms with Gasteiger partial charge in [0.15, 0.2) is 17.7 Å². The Bertz CT molecular complexity index is 1710. The summed E-state index contributed by atoms with van der Waals surface area (Å²) in [5.74, 6) is -4.02. The normalized spacial score (nSPS) is 22.0. The van der Waals surface area contributed by atoms with Gasteiger partial charge in [-0.25, -0.2) is 23.4 Å². The van der Waals surface area contributed by atoms with Crippen molar-refractivity contribution in [1.29, 1.82) is 0 Å². The molecule has 6 rings (SSSR count). The van der Waals surface area contributed by atoms with Crippen LogP contribution in [0.1, 0.15) is 74.4 Å². The molecule has 2 saturated heterocycles. The second-order valence-corrected chi connectivity index (χ2v) is 13.8. The van der Waals surface area contributed by atoms with Crippen molar-refractivity contribution in [3.05, 3.63) is 75.9 Å². The summed E-state index contributed by atoms with van der Waals surface area (Å²) in [4.78, 5) is 31.5. The fourth-order valence-corrected chi connectivity index (χ4v) is 7.11. The summed E-state index contributed by atoms with van der Waals surface area (Å²) >= 11 is 6.61. The van der Waals surface area contributed by atoms with Gasteiger partial charge >= 0.3 is 12.1 Å². The minimum absolute atomic E-state index is 0.0118. The van der Waals surface area contributed by atoms with Gasteiger partial charge in [0.05, 0.1) is 23.2 Å². The number of ether oxygens (including phenoxy) is 5. The molecule has 0 aliphatic carbocycles. The molecule has 2 fully saturated rings. The molecule has 3 aliphatic rings. The highest BCUT2D eigenvalue weighted by Crippen LogP contribution is 2.53. The number of rotatable bonds is 9. The molecular weight excluding hydrogens is 662 g/mol. The maximum Gasteiger partial charge on any atom is 0.410 e. The summed E-state index contributed by atoms with van der Waals surface area (Å²) in [6.07, 6.45) is 3.90. The number of carbonyl (C=O) groups excluding carboxylic acids is 1. The van der Waals surface area contributed by atoms with Crippen LogP contribution in [0, 0.1) is 11.6 Å². The third-order valence-electron chi connectivity index (χ3n) is 8.93. The van der Waals surface area contributed by atoms with E-state index in [1.807, 2.05) is 30.3 Å². The number of hydrogen-bond donors (Lipinski definition) is 1. The first-order chi connectivity index (χ1) is 23.4. The molecule has 49 heavy (non-hydrogen) atoms. The van der Waals surface area contributed by atoms with Crippen LogP contribution in [-0.4, -0.2) is 71.4 Å². The molecule has 3 aliphatic heterocycles. The summed E-state index contributed by atoms with van der Waals surface area (Å²) in [5.41, 5.74) is -2.28. The van der Waals surface area contributed by atoms with Crippen molar-refractivity contribution in [3.63, 3.8) is 0 Å². The Hall–Kier alpha value is -4.00. The number of benzene rings is 2. The van der Waals surface area contributed by atoms with E-state index in [0.29, 0.717) is 31.6 Å². The molecule has 0 spiro atoms. The Kier molecular flexibility index (Phi) is 10.0. The minimum Gasteiger partial charge on any atom is -0.480 e. The molecule has 2 unspecified atom stereocenters. The quantitative estimate of drug-likeness (QED) is 0.226. The van der Waals surface area contributed by atoms with E-state index >= 15 is 8.78 Å². The van der Waals surface area contributed by atoms with Crippen LogP contribution in [0.4, 0.5) is 13.6 Å². The van der Waals surface area contributed by atoms with Crippen LogP contribution in [0.3, 0.4) is 0 Å². The standard InChI is InChI=1S/C36H39ClF2N2O8/c1-35(2,3)49-34(44)41-14-9-12-26(41)36(21-10-5-4-6-11-21)19-22-25(48-36)18-24(38)30(37)28(22)29-23(33(42)43)20-40-32(31(29)39)47-17-16-46-27-13-7-8-15-45-27/h4-6,10-11,18,20,26-27H,7-9,12-17,19H2,1-3H3,(H,42,43)/t26?,27?,36-/m0/s1. The largest absolute Gasteiger partial charge is 0.480 e. The lowest BCUT2D eigenvalue weighted by Crippen LogP contribution is -2.53. The zero-order valence-electron chi connectivity index (χ0n) is 27.6. The summed E-state index contributed by atoms with van der Waals surface area (Å²) in [6.45, 7) is 6.29. The van der Waals surface area contributed by atoms with Crippen molar-refractivity contribution in [1.82, 2.24) is 9.88 Å². The van der Waals surface area contributed by atoms with Crippen molar-refractivity contribution in [3.8, 4) is 22.8 Å². The van der Waals surface area contributed by atoms with Crippen LogP contribution in [0.25, 0.3) is 11.1 Å². The van der Waals surface area contributed by atoms with Crippen LogP contribution in [0.2, 0.25) is 5.02 Å². The molecule has 0 radical (unpaired) electrons. The summed E-state index contributed by atoms with van der Waals surface area (Å²) < 4.78 is 61.4. The maximum atomic E-state index is 16.5. The van der Waals surface area contributed by atoms with Gasteiger partial charge in [-0.1, -0.05) is 41.9 Å². The third-order valence-corrected chi connectivity index (χ3v) is 9.30. The molecule has 1 N–H and O–H groups in total.